The van der Waals surface area contributed by atoms with E-state index < -0.39 is 0 Å². The number of benzene rings is 5. The van der Waals surface area contributed by atoms with Crippen molar-refractivity contribution in [3.05, 3.63) is 122 Å². The highest BCUT2D eigenvalue weighted by Crippen LogP contribution is 2.38. The molecule has 0 N–H and O–H groups in total. The van der Waals surface area contributed by atoms with Gasteiger partial charge in [-0.3, -0.25) is 4.98 Å². The molecule has 6 nitrogen and oxygen atoms in total. The zero-order valence-electron chi connectivity index (χ0n) is 22.2. The second-order valence-electron chi connectivity index (χ2n) is 10.3. The van der Waals surface area contributed by atoms with Gasteiger partial charge in [-0.05, 0) is 47.9 Å². The number of para-hydroxylation sites is 1. The fourth-order valence-corrected chi connectivity index (χ4v) is 5.80. The number of nitrogens with zero attached hydrogens (tertiary/aromatic N) is 4. The molecule has 0 aliphatic carbocycles. The van der Waals surface area contributed by atoms with Crippen molar-refractivity contribution in [1.82, 2.24) is 19.9 Å². The Labute approximate surface area is 238 Å². The van der Waals surface area contributed by atoms with Crippen molar-refractivity contribution in [3.63, 3.8) is 0 Å². The summed E-state index contributed by atoms with van der Waals surface area (Å²) in [5.74, 6) is 1.74. The highest BCUT2D eigenvalue weighted by atomic mass is 16.3. The summed E-state index contributed by atoms with van der Waals surface area (Å²) in [6, 6.07) is 36.4. The summed E-state index contributed by atoms with van der Waals surface area (Å²) in [6.07, 6.45) is 3.67. The molecule has 0 spiro atoms. The lowest BCUT2D eigenvalue weighted by atomic mass is 10.0. The summed E-state index contributed by atoms with van der Waals surface area (Å²) in [4.78, 5) is 19.3. The van der Waals surface area contributed by atoms with Gasteiger partial charge in [-0.15, -0.1) is 0 Å². The van der Waals surface area contributed by atoms with Gasteiger partial charge in [-0.1, -0.05) is 66.7 Å². The molecule has 0 radical (unpaired) electrons. The third kappa shape index (κ3) is 3.52. The summed E-state index contributed by atoms with van der Waals surface area (Å²) in [7, 11) is 0. The molecule has 0 amide bonds. The highest BCUT2D eigenvalue weighted by molar-refractivity contribution is 6.15. The standard InChI is InChI=1S/C36H20N4O2/c1-2-7-21(8-3-1)34-38-35(23-13-14-26-25-9-4-5-11-29(25)41-31(26)19-23)40-36(39-34)27-10-6-12-30-33(27)28-17-24-20-37-16-15-22(24)18-32(28)42-30/h1-20H. The van der Waals surface area contributed by atoms with Gasteiger partial charge in [0.05, 0.1) is 0 Å². The van der Waals surface area contributed by atoms with Crippen molar-refractivity contribution in [2.24, 2.45) is 0 Å². The Bertz CT molecular complexity index is 2480. The van der Waals surface area contributed by atoms with Crippen LogP contribution >= 0.6 is 0 Å². The van der Waals surface area contributed by atoms with Crippen molar-refractivity contribution in [2.45, 2.75) is 0 Å². The predicted molar refractivity (Wildman–Crippen MR) is 166 cm³/mol. The lowest BCUT2D eigenvalue weighted by Gasteiger charge is -2.09. The SMILES string of the molecule is c1ccc(-c2nc(-c3ccc4c(c3)oc3ccccc34)nc(-c3cccc4oc5cc6ccncc6cc5c34)n2)cc1. The molecule has 9 rings (SSSR count). The summed E-state index contributed by atoms with van der Waals surface area (Å²) in [5, 5.41) is 6.22. The number of fused-ring (bicyclic) bond motifs is 7. The normalized spacial score (nSPS) is 11.8. The molecule has 4 heterocycles. The van der Waals surface area contributed by atoms with Crippen LogP contribution in [0.25, 0.3) is 88.8 Å². The summed E-state index contributed by atoms with van der Waals surface area (Å²) in [5.41, 5.74) is 5.87. The highest BCUT2D eigenvalue weighted by Gasteiger charge is 2.19. The van der Waals surface area contributed by atoms with Crippen LogP contribution in [0.4, 0.5) is 0 Å². The first-order valence-electron chi connectivity index (χ1n) is 13.7. The fourth-order valence-electron chi connectivity index (χ4n) is 5.80. The maximum atomic E-state index is 6.33. The lowest BCUT2D eigenvalue weighted by Crippen LogP contribution is -2.00. The minimum atomic E-state index is 0.570. The first-order valence-corrected chi connectivity index (χ1v) is 13.7. The summed E-state index contributed by atoms with van der Waals surface area (Å²) in [6.45, 7) is 0. The molecule has 42 heavy (non-hydrogen) atoms. The smallest absolute Gasteiger partial charge is 0.164 e. The van der Waals surface area contributed by atoms with Crippen LogP contribution in [-0.2, 0) is 0 Å². The van der Waals surface area contributed by atoms with Gasteiger partial charge in [0, 0.05) is 56.0 Å². The Morgan fingerprint density at radius 1 is 0.452 bits per heavy atom. The number of furan rings is 2. The number of pyridine rings is 1. The monoisotopic (exact) mass is 540 g/mol. The second kappa shape index (κ2) is 8.81. The van der Waals surface area contributed by atoms with Crippen LogP contribution in [-0.4, -0.2) is 19.9 Å². The van der Waals surface area contributed by atoms with E-state index in [1.807, 2.05) is 91.1 Å². The quantitative estimate of drug-likeness (QED) is 0.222. The third-order valence-electron chi connectivity index (χ3n) is 7.80. The van der Waals surface area contributed by atoms with Gasteiger partial charge in [-0.2, -0.15) is 0 Å². The van der Waals surface area contributed by atoms with Crippen molar-refractivity contribution < 1.29 is 8.83 Å². The Balaban J connectivity index is 1.30. The van der Waals surface area contributed by atoms with Gasteiger partial charge in [0.1, 0.15) is 22.3 Å². The predicted octanol–water partition coefficient (Wildman–Crippen LogP) is 9.22. The first kappa shape index (κ1) is 22.9. The van der Waals surface area contributed by atoms with E-state index in [0.717, 1.165) is 71.3 Å². The molecule has 0 aliphatic rings. The van der Waals surface area contributed by atoms with Crippen LogP contribution in [0.5, 0.6) is 0 Å². The average molecular weight is 541 g/mol. The van der Waals surface area contributed by atoms with Crippen LogP contribution in [0.1, 0.15) is 0 Å². The molecule has 0 unspecified atom stereocenters. The molecule has 0 bridgehead atoms. The molecular formula is C36H20N4O2. The largest absolute Gasteiger partial charge is 0.456 e. The van der Waals surface area contributed by atoms with E-state index in [1.165, 1.54) is 0 Å². The Morgan fingerprint density at radius 2 is 1.19 bits per heavy atom. The molecule has 4 aromatic heterocycles. The van der Waals surface area contributed by atoms with E-state index in [0.29, 0.717) is 17.5 Å². The van der Waals surface area contributed by atoms with E-state index >= 15 is 0 Å². The van der Waals surface area contributed by atoms with E-state index in [2.05, 4.69) is 29.2 Å². The fraction of sp³-hybridized carbons (Fsp3) is 0. The van der Waals surface area contributed by atoms with Gasteiger partial charge in [-0.25, -0.2) is 15.0 Å². The van der Waals surface area contributed by atoms with Crippen LogP contribution in [0.3, 0.4) is 0 Å². The van der Waals surface area contributed by atoms with Crippen LogP contribution < -0.4 is 0 Å². The molecule has 0 fully saturated rings. The number of hydrogen-bond donors (Lipinski definition) is 0. The van der Waals surface area contributed by atoms with Gasteiger partial charge in [0.2, 0.25) is 0 Å². The average Bonchev–Trinajstić information content (AvgIpc) is 3.61. The maximum Gasteiger partial charge on any atom is 0.164 e. The Hall–Kier alpha value is -5.88. The summed E-state index contributed by atoms with van der Waals surface area (Å²) < 4.78 is 12.5. The van der Waals surface area contributed by atoms with Crippen molar-refractivity contribution in [1.29, 1.82) is 0 Å². The summed E-state index contributed by atoms with van der Waals surface area (Å²) >= 11 is 0. The van der Waals surface area contributed by atoms with Crippen molar-refractivity contribution in [3.8, 4) is 34.2 Å². The second-order valence-corrected chi connectivity index (χ2v) is 10.3. The van der Waals surface area contributed by atoms with Gasteiger partial charge < -0.3 is 8.83 Å². The third-order valence-corrected chi connectivity index (χ3v) is 7.80. The van der Waals surface area contributed by atoms with Gasteiger partial charge in [0.25, 0.3) is 0 Å². The minimum absolute atomic E-state index is 0.570. The van der Waals surface area contributed by atoms with Crippen LogP contribution in [0.15, 0.2) is 130 Å². The molecule has 196 valence electrons. The van der Waals surface area contributed by atoms with Crippen molar-refractivity contribution >= 4 is 54.6 Å². The van der Waals surface area contributed by atoms with Crippen LogP contribution in [0, 0.1) is 0 Å². The Morgan fingerprint density at radius 3 is 2.12 bits per heavy atom. The van der Waals surface area contributed by atoms with Gasteiger partial charge >= 0.3 is 0 Å². The molecule has 9 aromatic rings. The number of rotatable bonds is 3. The maximum absolute atomic E-state index is 6.33. The van der Waals surface area contributed by atoms with E-state index in [-0.39, 0.29) is 0 Å². The van der Waals surface area contributed by atoms with Crippen LogP contribution in [0.2, 0.25) is 0 Å². The van der Waals surface area contributed by atoms with E-state index in [9.17, 15) is 0 Å². The van der Waals surface area contributed by atoms with Gasteiger partial charge in [0.15, 0.2) is 17.5 Å². The van der Waals surface area contributed by atoms with Crippen molar-refractivity contribution in [2.75, 3.05) is 0 Å². The zero-order valence-corrected chi connectivity index (χ0v) is 22.2. The molecule has 6 heteroatoms. The molecule has 5 aromatic carbocycles. The Kier molecular flexibility index (Phi) is 4.80. The molecule has 0 atom stereocenters. The topological polar surface area (TPSA) is 77.8 Å². The van der Waals surface area contributed by atoms with E-state index in [1.54, 1.807) is 6.20 Å². The molecular weight excluding hydrogens is 520 g/mol. The minimum Gasteiger partial charge on any atom is -0.456 e. The zero-order chi connectivity index (χ0) is 27.6. The van der Waals surface area contributed by atoms with E-state index in [4.69, 9.17) is 23.8 Å². The molecule has 0 saturated carbocycles. The number of hydrogen-bond acceptors (Lipinski definition) is 6. The first-order chi connectivity index (χ1) is 20.8. The number of aromatic nitrogens is 4. The molecule has 0 saturated heterocycles. The molecule has 0 aliphatic heterocycles. The lowest BCUT2D eigenvalue weighted by molar-refractivity contribution is 0.669.